The Hall–Kier alpha value is -4.25. The fraction of sp³-hybridized carbons (Fsp3) is 0.231. The lowest BCUT2D eigenvalue weighted by Gasteiger charge is -2.26. The molecule has 0 radical (unpaired) electrons. The number of likely N-dealkylation sites (N-methyl/N-ethyl adjacent to an activating group) is 1. The monoisotopic (exact) mass is 526 g/mol. The predicted octanol–water partition coefficient (Wildman–Crippen LogP) is 2.96. The van der Waals surface area contributed by atoms with Crippen LogP contribution in [0.5, 0.6) is 11.5 Å². The number of anilines is 2. The molecule has 3 rings (SSSR count). The van der Waals surface area contributed by atoms with Gasteiger partial charge in [0.15, 0.2) is 0 Å². The molecular formula is C26H30N4O6S. The summed E-state index contributed by atoms with van der Waals surface area (Å²) in [5.41, 5.74) is 1.61. The number of urea groups is 1. The molecule has 37 heavy (non-hydrogen) atoms. The molecule has 11 heteroatoms. The van der Waals surface area contributed by atoms with Crippen LogP contribution in [0.25, 0.3) is 0 Å². The predicted molar refractivity (Wildman–Crippen MR) is 142 cm³/mol. The van der Waals surface area contributed by atoms with E-state index in [1.807, 2.05) is 35.1 Å². The first-order valence-electron chi connectivity index (χ1n) is 11.3. The first-order valence-corrected chi connectivity index (χ1v) is 12.8. The number of carbonyl (C=O) groups is 2. The second kappa shape index (κ2) is 12.1. The topological polar surface area (TPSA) is 117 Å². The van der Waals surface area contributed by atoms with Crippen molar-refractivity contribution < 1.29 is 27.5 Å². The highest BCUT2D eigenvalue weighted by atomic mass is 32.2. The molecule has 0 aliphatic heterocycles. The molecule has 0 aliphatic rings. The summed E-state index contributed by atoms with van der Waals surface area (Å²) in [7, 11) is 1.51. The third-order valence-electron chi connectivity index (χ3n) is 5.68. The number of nitrogens with one attached hydrogen (secondary N) is 2. The molecule has 3 aromatic carbocycles. The number of hydrogen-bond acceptors (Lipinski definition) is 6. The van der Waals surface area contributed by atoms with Crippen molar-refractivity contribution in [3.05, 3.63) is 84.4 Å². The number of nitrogens with zero attached hydrogens (tertiary/aromatic N) is 2. The zero-order valence-electron chi connectivity index (χ0n) is 21.0. The highest BCUT2D eigenvalue weighted by Gasteiger charge is 2.29. The molecule has 0 fully saturated rings. The summed E-state index contributed by atoms with van der Waals surface area (Å²) in [5.74, 6) is 0.515. The van der Waals surface area contributed by atoms with Gasteiger partial charge in [-0.1, -0.05) is 42.5 Å². The van der Waals surface area contributed by atoms with Crippen LogP contribution in [0.4, 0.5) is 16.2 Å². The fourth-order valence-electron chi connectivity index (χ4n) is 3.61. The van der Waals surface area contributed by atoms with Crippen LogP contribution in [-0.2, 0) is 21.4 Å². The summed E-state index contributed by atoms with van der Waals surface area (Å²) in [5, 5.41) is 2.53. The molecule has 0 bridgehead atoms. The number of methoxy groups -OCH3 is 2. The van der Waals surface area contributed by atoms with Crippen molar-refractivity contribution >= 4 is 33.5 Å². The van der Waals surface area contributed by atoms with Crippen LogP contribution >= 0.6 is 0 Å². The molecule has 0 saturated heterocycles. The highest BCUT2D eigenvalue weighted by Crippen LogP contribution is 2.28. The van der Waals surface area contributed by atoms with Crippen molar-refractivity contribution in [2.75, 3.05) is 37.5 Å². The Morgan fingerprint density at radius 1 is 0.865 bits per heavy atom. The van der Waals surface area contributed by atoms with E-state index in [0.717, 1.165) is 9.87 Å². The van der Waals surface area contributed by atoms with Gasteiger partial charge >= 0.3 is 16.2 Å². The Balaban J connectivity index is 1.80. The van der Waals surface area contributed by atoms with E-state index in [9.17, 15) is 18.0 Å². The second-order valence-corrected chi connectivity index (χ2v) is 9.76. The van der Waals surface area contributed by atoms with E-state index >= 15 is 0 Å². The molecule has 10 nitrogen and oxygen atoms in total. The maximum atomic E-state index is 13.4. The third-order valence-corrected chi connectivity index (χ3v) is 7.04. The summed E-state index contributed by atoms with van der Waals surface area (Å²) < 4.78 is 39.1. The number of para-hydroxylation sites is 2. The smallest absolute Gasteiger partial charge is 0.330 e. The van der Waals surface area contributed by atoms with Crippen molar-refractivity contribution in [1.29, 1.82) is 0 Å². The van der Waals surface area contributed by atoms with Gasteiger partial charge in [-0.05, 0) is 42.0 Å². The van der Waals surface area contributed by atoms with E-state index in [1.165, 1.54) is 19.1 Å². The number of rotatable bonds is 10. The van der Waals surface area contributed by atoms with E-state index in [0.29, 0.717) is 17.2 Å². The standard InChI is InChI=1S/C26H30N4O6S/c1-29(20-14-16-21(35-3)17-15-20)25(31)22(18-19-10-6-5-7-11-19)27-26(32)28-37(33,34)30(2)23-12-8-9-13-24(23)36-4/h5-17,22H,18H2,1-4H3,(H2,27,28,32). The van der Waals surface area contributed by atoms with Crippen LogP contribution in [0, 0.1) is 0 Å². The molecule has 1 unspecified atom stereocenters. The Kier molecular flexibility index (Phi) is 8.96. The Bertz CT molecular complexity index is 1320. The SMILES string of the molecule is COc1ccc(N(C)C(=O)C(Cc2ccccc2)NC(=O)NS(=O)(=O)N(C)c2ccccc2OC)cc1. The normalized spacial score (nSPS) is 11.7. The average molecular weight is 527 g/mol. The molecule has 2 N–H and O–H groups in total. The van der Waals surface area contributed by atoms with Gasteiger partial charge in [-0.25, -0.2) is 9.52 Å². The average Bonchev–Trinajstić information content (AvgIpc) is 2.91. The maximum absolute atomic E-state index is 13.4. The maximum Gasteiger partial charge on any atom is 0.330 e. The van der Waals surface area contributed by atoms with Crippen molar-refractivity contribution in [3.63, 3.8) is 0 Å². The molecule has 3 aromatic rings. The lowest BCUT2D eigenvalue weighted by Crippen LogP contribution is -2.54. The number of ether oxygens (including phenoxy) is 2. The minimum atomic E-state index is -4.32. The Labute approximate surface area is 217 Å². The number of carbonyl (C=O) groups excluding carboxylic acids is 2. The number of benzene rings is 3. The van der Waals surface area contributed by atoms with Gasteiger partial charge in [0.2, 0.25) is 5.91 Å². The highest BCUT2D eigenvalue weighted by molar-refractivity contribution is 7.91. The van der Waals surface area contributed by atoms with Crippen LogP contribution in [0.1, 0.15) is 5.56 Å². The molecule has 0 aromatic heterocycles. The summed E-state index contributed by atoms with van der Waals surface area (Å²) in [4.78, 5) is 27.7. The number of hydrogen-bond donors (Lipinski definition) is 2. The van der Waals surface area contributed by atoms with Crippen LogP contribution in [-0.4, -0.2) is 54.7 Å². The molecule has 0 aliphatic carbocycles. The van der Waals surface area contributed by atoms with Gasteiger partial charge in [-0.15, -0.1) is 0 Å². The summed E-state index contributed by atoms with van der Waals surface area (Å²) in [6.45, 7) is 0. The van der Waals surface area contributed by atoms with Crippen LogP contribution < -0.4 is 28.7 Å². The molecule has 196 valence electrons. The zero-order chi connectivity index (χ0) is 27.0. The molecule has 0 heterocycles. The summed E-state index contributed by atoms with van der Waals surface area (Å²) in [6, 6.07) is 20.3. The van der Waals surface area contributed by atoms with E-state index in [2.05, 4.69) is 5.32 Å². The van der Waals surface area contributed by atoms with E-state index < -0.39 is 28.2 Å². The Morgan fingerprint density at radius 3 is 2.11 bits per heavy atom. The van der Waals surface area contributed by atoms with E-state index in [4.69, 9.17) is 9.47 Å². The van der Waals surface area contributed by atoms with Gasteiger partial charge in [-0.2, -0.15) is 8.42 Å². The van der Waals surface area contributed by atoms with Crippen LogP contribution in [0.2, 0.25) is 0 Å². The fourth-order valence-corrected chi connectivity index (χ4v) is 4.45. The van der Waals surface area contributed by atoms with Gasteiger partial charge in [0.1, 0.15) is 17.5 Å². The minimum Gasteiger partial charge on any atom is -0.497 e. The molecule has 3 amide bonds. The Morgan fingerprint density at radius 2 is 1.49 bits per heavy atom. The van der Waals surface area contributed by atoms with E-state index in [1.54, 1.807) is 62.7 Å². The van der Waals surface area contributed by atoms with Gasteiger partial charge in [-0.3, -0.25) is 9.10 Å². The van der Waals surface area contributed by atoms with Gasteiger partial charge < -0.3 is 19.7 Å². The molecule has 1 atom stereocenters. The van der Waals surface area contributed by atoms with Crippen LogP contribution in [0.3, 0.4) is 0 Å². The summed E-state index contributed by atoms with van der Waals surface area (Å²) in [6.07, 6.45) is 0.149. The van der Waals surface area contributed by atoms with Crippen molar-refractivity contribution in [2.45, 2.75) is 12.5 Å². The number of amides is 3. The van der Waals surface area contributed by atoms with Gasteiger partial charge in [0, 0.05) is 26.2 Å². The first kappa shape index (κ1) is 27.3. The second-order valence-electron chi connectivity index (χ2n) is 8.06. The van der Waals surface area contributed by atoms with Crippen molar-refractivity contribution in [1.82, 2.24) is 10.0 Å². The third kappa shape index (κ3) is 6.91. The van der Waals surface area contributed by atoms with Crippen molar-refractivity contribution in [2.24, 2.45) is 0 Å². The quantitative estimate of drug-likeness (QED) is 0.420. The summed E-state index contributed by atoms with van der Waals surface area (Å²) >= 11 is 0. The largest absolute Gasteiger partial charge is 0.497 e. The lowest BCUT2D eigenvalue weighted by molar-refractivity contribution is -0.120. The molecule has 0 saturated carbocycles. The van der Waals surface area contributed by atoms with Crippen molar-refractivity contribution in [3.8, 4) is 11.5 Å². The lowest BCUT2D eigenvalue weighted by atomic mass is 10.0. The minimum absolute atomic E-state index is 0.149. The zero-order valence-corrected chi connectivity index (χ0v) is 21.9. The van der Waals surface area contributed by atoms with Crippen LogP contribution in [0.15, 0.2) is 78.9 Å². The first-order chi connectivity index (χ1) is 17.7. The molecular weight excluding hydrogens is 496 g/mol. The van der Waals surface area contributed by atoms with Gasteiger partial charge in [0.25, 0.3) is 0 Å². The van der Waals surface area contributed by atoms with Gasteiger partial charge in [0.05, 0.1) is 19.9 Å². The molecule has 0 spiro atoms. The van der Waals surface area contributed by atoms with E-state index in [-0.39, 0.29) is 12.1 Å².